The highest BCUT2D eigenvalue weighted by molar-refractivity contribution is 7.89. The van der Waals surface area contributed by atoms with Crippen molar-refractivity contribution in [1.29, 1.82) is 0 Å². The lowest BCUT2D eigenvalue weighted by molar-refractivity contribution is 0.0318. The first kappa shape index (κ1) is 18.8. The molecule has 0 radical (unpaired) electrons. The van der Waals surface area contributed by atoms with Gasteiger partial charge < -0.3 is 4.74 Å². The van der Waals surface area contributed by atoms with E-state index in [1.807, 2.05) is 0 Å². The summed E-state index contributed by atoms with van der Waals surface area (Å²) in [5.41, 5.74) is 0.835. The minimum atomic E-state index is -3.23. The maximum Gasteiger partial charge on any atom is 0.338 e. The van der Waals surface area contributed by atoms with Gasteiger partial charge in [-0.05, 0) is 48.9 Å². The number of rotatable bonds is 6. The standard InChI is InChI=1S/C18H17FO5S/c1-12(17(20)14-6-8-16(19)9-7-14)24-18(21)15-5-3-4-13(10-15)11-25(2,22)23/h3-10,12H,11H2,1-2H3/t12-/m1/s1. The summed E-state index contributed by atoms with van der Waals surface area (Å²) in [5.74, 6) is -1.86. The monoisotopic (exact) mass is 364 g/mol. The van der Waals surface area contributed by atoms with Gasteiger partial charge in [-0.2, -0.15) is 0 Å². The fourth-order valence-electron chi connectivity index (χ4n) is 2.22. The highest BCUT2D eigenvalue weighted by atomic mass is 32.2. The molecule has 0 saturated heterocycles. The highest BCUT2D eigenvalue weighted by Crippen LogP contribution is 2.13. The Morgan fingerprint density at radius 1 is 1.08 bits per heavy atom. The van der Waals surface area contributed by atoms with Gasteiger partial charge in [-0.15, -0.1) is 0 Å². The molecule has 2 rings (SSSR count). The van der Waals surface area contributed by atoms with Crippen LogP contribution in [-0.2, 0) is 20.3 Å². The predicted molar refractivity (Wildman–Crippen MR) is 90.6 cm³/mol. The molecule has 0 bridgehead atoms. The molecule has 132 valence electrons. The molecule has 7 heteroatoms. The van der Waals surface area contributed by atoms with E-state index in [0.29, 0.717) is 5.56 Å². The fourth-order valence-corrected chi connectivity index (χ4v) is 3.01. The van der Waals surface area contributed by atoms with Crippen molar-refractivity contribution in [3.05, 3.63) is 71.0 Å². The first-order valence-corrected chi connectivity index (χ1v) is 9.49. The van der Waals surface area contributed by atoms with E-state index in [2.05, 4.69) is 0 Å². The quantitative estimate of drug-likeness (QED) is 0.582. The molecular formula is C18H17FO5S. The smallest absolute Gasteiger partial charge is 0.338 e. The normalized spacial score (nSPS) is 12.4. The number of hydrogen-bond acceptors (Lipinski definition) is 5. The maximum atomic E-state index is 12.9. The molecule has 0 N–H and O–H groups in total. The van der Waals surface area contributed by atoms with E-state index in [4.69, 9.17) is 4.74 Å². The average molecular weight is 364 g/mol. The summed E-state index contributed by atoms with van der Waals surface area (Å²) in [6, 6.07) is 11.0. The third kappa shape index (κ3) is 5.49. The second kappa shape index (κ2) is 7.57. The average Bonchev–Trinajstić information content (AvgIpc) is 2.53. The van der Waals surface area contributed by atoms with Crippen LogP contribution in [0.1, 0.15) is 33.2 Å². The number of ether oxygens (including phenoxy) is 1. The zero-order chi connectivity index (χ0) is 18.6. The number of hydrogen-bond donors (Lipinski definition) is 0. The molecule has 0 saturated carbocycles. The predicted octanol–water partition coefficient (Wildman–Crippen LogP) is 2.80. The van der Waals surface area contributed by atoms with Gasteiger partial charge in [-0.3, -0.25) is 4.79 Å². The molecule has 2 aromatic rings. The number of esters is 1. The molecule has 0 unspecified atom stereocenters. The lowest BCUT2D eigenvalue weighted by Crippen LogP contribution is -2.24. The van der Waals surface area contributed by atoms with Gasteiger partial charge in [0.05, 0.1) is 11.3 Å². The molecular weight excluding hydrogens is 347 g/mol. The van der Waals surface area contributed by atoms with E-state index in [9.17, 15) is 22.4 Å². The van der Waals surface area contributed by atoms with E-state index in [-0.39, 0.29) is 16.9 Å². The second-order valence-corrected chi connectivity index (χ2v) is 7.83. The Labute approximate surface area is 145 Å². The molecule has 0 fully saturated rings. The molecule has 2 aromatic carbocycles. The Morgan fingerprint density at radius 2 is 1.72 bits per heavy atom. The van der Waals surface area contributed by atoms with Crippen LogP contribution in [0.15, 0.2) is 48.5 Å². The Kier molecular flexibility index (Phi) is 5.69. The third-order valence-corrected chi connectivity index (χ3v) is 4.23. The van der Waals surface area contributed by atoms with Crippen LogP contribution in [0, 0.1) is 5.82 Å². The van der Waals surface area contributed by atoms with Crippen LogP contribution in [0.5, 0.6) is 0 Å². The van der Waals surface area contributed by atoms with Crippen molar-refractivity contribution in [3.63, 3.8) is 0 Å². The Balaban J connectivity index is 2.09. The van der Waals surface area contributed by atoms with Gasteiger partial charge in [0.2, 0.25) is 5.78 Å². The minimum Gasteiger partial charge on any atom is -0.451 e. The summed E-state index contributed by atoms with van der Waals surface area (Å²) >= 11 is 0. The lowest BCUT2D eigenvalue weighted by Gasteiger charge is -2.13. The summed E-state index contributed by atoms with van der Waals surface area (Å²) in [6.45, 7) is 1.42. The first-order valence-electron chi connectivity index (χ1n) is 7.43. The van der Waals surface area contributed by atoms with E-state index >= 15 is 0 Å². The molecule has 0 heterocycles. The summed E-state index contributed by atoms with van der Waals surface area (Å²) in [7, 11) is -3.23. The molecule has 25 heavy (non-hydrogen) atoms. The second-order valence-electron chi connectivity index (χ2n) is 5.69. The van der Waals surface area contributed by atoms with E-state index in [1.54, 1.807) is 12.1 Å². The van der Waals surface area contributed by atoms with E-state index in [1.165, 1.54) is 31.2 Å². The fraction of sp³-hybridized carbons (Fsp3) is 0.222. The van der Waals surface area contributed by atoms with Gasteiger partial charge in [0, 0.05) is 11.8 Å². The van der Waals surface area contributed by atoms with Crippen molar-refractivity contribution in [2.24, 2.45) is 0 Å². The number of Topliss-reactive ketones (excluding diaryl/α,β-unsaturated/α-hetero) is 1. The molecule has 5 nitrogen and oxygen atoms in total. The Bertz CT molecular complexity index is 888. The number of ketones is 1. The third-order valence-electron chi connectivity index (χ3n) is 3.37. The summed E-state index contributed by atoms with van der Waals surface area (Å²) in [4.78, 5) is 24.4. The van der Waals surface area contributed by atoms with Crippen molar-refractivity contribution < 1.29 is 27.1 Å². The summed E-state index contributed by atoms with van der Waals surface area (Å²) in [6.07, 6.45) is 0.0399. The van der Waals surface area contributed by atoms with Crippen molar-refractivity contribution in [3.8, 4) is 0 Å². The Hall–Kier alpha value is -2.54. The molecule has 0 aromatic heterocycles. The molecule has 0 aliphatic rings. The van der Waals surface area contributed by atoms with Crippen molar-refractivity contribution in [1.82, 2.24) is 0 Å². The van der Waals surface area contributed by atoms with Crippen molar-refractivity contribution in [2.75, 3.05) is 6.26 Å². The number of carbonyl (C=O) groups excluding carboxylic acids is 2. The van der Waals surface area contributed by atoms with E-state index < -0.39 is 33.5 Å². The molecule has 1 atom stereocenters. The topological polar surface area (TPSA) is 77.5 Å². The molecule has 0 spiro atoms. The van der Waals surface area contributed by atoms with Gasteiger partial charge in [0.1, 0.15) is 5.82 Å². The van der Waals surface area contributed by atoms with Gasteiger partial charge in [-0.25, -0.2) is 17.6 Å². The lowest BCUT2D eigenvalue weighted by atomic mass is 10.1. The number of halogens is 1. The number of benzene rings is 2. The van der Waals surface area contributed by atoms with Gasteiger partial charge in [-0.1, -0.05) is 12.1 Å². The van der Waals surface area contributed by atoms with E-state index in [0.717, 1.165) is 18.4 Å². The highest BCUT2D eigenvalue weighted by Gasteiger charge is 2.20. The maximum absolute atomic E-state index is 12.9. The van der Waals surface area contributed by atoms with Gasteiger partial charge in [0.15, 0.2) is 15.9 Å². The zero-order valence-corrected chi connectivity index (χ0v) is 14.5. The number of carbonyl (C=O) groups is 2. The van der Waals surface area contributed by atoms with Crippen molar-refractivity contribution in [2.45, 2.75) is 18.8 Å². The molecule has 0 aliphatic carbocycles. The van der Waals surface area contributed by atoms with Gasteiger partial charge >= 0.3 is 5.97 Å². The van der Waals surface area contributed by atoms with Gasteiger partial charge in [0.25, 0.3) is 0 Å². The van der Waals surface area contributed by atoms with Crippen LogP contribution in [0.25, 0.3) is 0 Å². The number of sulfone groups is 1. The Morgan fingerprint density at radius 3 is 2.32 bits per heavy atom. The van der Waals surface area contributed by atoms with Crippen LogP contribution in [-0.4, -0.2) is 32.5 Å². The van der Waals surface area contributed by atoms with Crippen LogP contribution in [0.2, 0.25) is 0 Å². The van der Waals surface area contributed by atoms with Crippen LogP contribution in [0.3, 0.4) is 0 Å². The molecule has 0 amide bonds. The summed E-state index contributed by atoms with van der Waals surface area (Å²) in [5, 5.41) is 0. The SMILES string of the molecule is C[C@@H](OC(=O)c1cccc(CS(C)(=O)=O)c1)C(=O)c1ccc(F)cc1. The largest absolute Gasteiger partial charge is 0.451 e. The van der Waals surface area contributed by atoms with Crippen LogP contribution >= 0.6 is 0 Å². The van der Waals surface area contributed by atoms with Crippen LogP contribution in [0.4, 0.5) is 4.39 Å². The zero-order valence-electron chi connectivity index (χ0n) is 13.7. The van der Waals surface area contributed by atoms with Crippen LogP contribution < -0.4 is 0 Å². The first-order chi connectivity index (χ1) is 11.7. The summed E-state index contributed by atoms with van der Waals surface area (Å²) < 4.78 is 40.7. The van der Waals surface area contributed by atoms with Crippen molar-refractivity contribution >= 4 is 21.6 Å². The molecule has 0 aliphatic heterocycles. The minimum absolute atomic E-state index is 0.153.